The average molecular weight is 683 g/mol. The molecule has 3 heterocycles. The summed E-state index contributed by atoms with van der Waals surface area (Å²) < 4.78 is 12.1. The molecular formula is C33H33BrClN3O6. The van der Waals surface area contributed by atoms with Gasteiger partial charge in [0.15, 0.2) is 0 Å². The largest absolute Gasteiger partial charge is 0.494 e. The van der Waals surface area contributed by atoms with Gasteiger partial charge < -0.3 is 30.1 Å². The van der Waals surface area contributed by atoms with Gasteiger partial charge >= 0.3 is 0 Å². The van der Waals surface area contributed by atoms with Gasteiger partial charge in [0.1, 0.15) is 17.4 Å². The summed E-state index contributed by atoms with van der Waals surface area (Å²) >= 11 is 10.2. The number of nitrogens with one attached hydrogen (secondary N) is 2. The first kappa shape index (κ1) is 30.6. The van der Waals surface area contributed by atoms with Crippen molar-refractivity contribution in [3.8, 4) is 5.75 Å². The molecule has 230 valence electrons. The van der Waals surface area contributed by atoms with E-state index in [1.807, 2.05) is 38.1 Å². The van der Waals surface area contributed by atoms with Crippen molar-refractivity contribution < 1.29 is 29.0 Å². The number of anilines is 2. The van der Waals surface area contributed by atoms with Crippen LogP contribution in [0.5, 0.6) is 5.75 Å². The molecule has 44 heavy (non-hydrogen) atoms. The standard InChI is InChI=1S/C33H33BrClN3O6/c1-3-43-21-14-12-20(13-15-21)36-30(40)25-26-32(42)38(24(17-39)19-9-5-4-6-10-19)29(33(26)16-22(34)28(25)44-33)31(41)37-27-18(2)8-7-11-23(27)35/h4-15,22,24-26,28-29,39H,3,16-17H2,1-2H3,(H,36,40)(H,37,41)/t22?,24-,25+,26+,28+,29?,33?/m1/s1. The highest BCUT2D eigenvalue weighted by Gasteiger charge is 2.77. The fraction of sp³-hybridized carbons (Fsp3) is 0.364. The SMILES string of the molecule is CCOc1ccc(NC(=O)[C@H]2[C@H]3C(=O)N([C@H](CO)c4ccccc4)C(C(=O)Nc4c(C)cccc4Cl)C34CC(Br)[C@@H]2O4)cc1. The lowest BCUT2D eigenvalue weighted by Gasteiger charge is -2.37. The Kier molecular flexibility index (Phi) is 8.45. The molecule has 3 unspecified atom stereocenters. The summed E-state index contributed by atoms with van der Waals surface area (Å²) in [6, 6.07) is 19.3. The third kappa shape index (κ3) is 5.07. The van der Waals surface area contributed by atoms with E-state index in [1.165, 1.54) is 4.90 Å². The maximum atomic E-state index is 14.6. The zero-order chi connectivity index (χ0) is 31.2. The molecule has 0 aromatic heterocycles. The lowest BCUT2D eigenvalue weighted by Crippen LogP contribution is -2.55. The van der Waals surface area contributed by atoms with E-state index in [0.29, 0.717) is 40.7 Å². The Morgan fingerprint density at radius 3 is 2.48 bits per heavy atom. The number of carbonyl (C=O) groups excluding carboxylic acids is 3. The van der Waals surface area contributed by atoms with Gasteiger partial charge in [-0.15, -0.1) is 0 Å². The molecule has 3 aliphatic rings. The number of alkyl halides is 1. The second-order valence-corrected chi connectivity index (χ2v) is 13.0. The summed E-state index contributed by atoms with van der Waals surface area (Å²) in [5, 5.41) is 16.9. The van der Waals surface area contributed by atoms with Gasteiger partial charge in [-0.05, 0) is 61.7 Å². The van der Waals surface area contributed by atoms with Crippen molar-refractivity contribution in [1.29, 1.82) is 0 Å². The summed E-state index contributed by atoms with van der Waals surface area (Å²) in [4.78, 5) is 44.0. The van der Waals surface area contributed by atoms with Crippen molar-refractivity contribution in [1.82, 2.24) is 4.90 Å². The van der Waals surface area contributed by atoms with Crippen LogP contribution in [-0.4, -0.2) is 63.5 Å². The molecule has 3 aromatic rings. The van der Waals surface area contributed by atoms with Crippen LogP contribution in [0.1, 0.15) is 30.5 Å². The Balaban J connectivity index is 1.40. The molecule has 2 bridgehead atoms. The van der Waals surface area contributed by atoms with Crippen molar-refractivity contribution in [2.75, 3.05) is 23.8 Å². The Morgan fingerprint density at radius 1 is 1.09 bits per heavy atom. The van der Waals surface area contributed by atoms with Crippen molar-refractivity contribution in [2.45, 2.75) is 48.9 Å². The molecular weight excluding hydrogens is 650 g/mol. The predicted molar refractivity (Wildman–Crippen MR) is 170 cm³/mol. The molecule has 3 aliphatic heterocycles. The van der Waals surface area contributed by atoms with Gasteiger partial charge in [-0.25, -0.2) is 0 Å². The number of nitrogens with zero attached hydrogens (tertiary/aromatic N) is 1. The maximum Gasteiger partial charge on any atom is 0.250 e. The van der Waals surface area contributed by atoms with Gasteiger partial charge in [-0.3, -0.25) is 14.4 Å². The third-order valence-corrected chi connectivity index (χ3v) is 10.0. The van der Waals surface area contributed by atoms with Crippen LogP contribution >= 0.6 is 27.5 Å². The van der Waals surface area contributed by atoms with Crippen molar-refractivity contribution >= 4 is 56.6 Å². The second kappa shape index (κ2) is 12.2. The van der Waals surface area contributed by atoms with E-state index in [4.69, 9.17) is 21.1 Å². The van der Waals surface area contributed by atoms with E-state index >= 15 is 0 Å². The highest BCUT2D eigenvalue weighted by atomic mass is 79.9. The van der Waals surface area contributed by atoms with E-state index < -0.39 is 54.0 Å². The van der Waals surface area contributed by atoms with E-state index in [0.717, 1.165) is 5.56 Å². The third-order valence-electron chi connectivity index (χ3n) is 8.87. The van der Waals surface area contributed by atoms with Crippen LogP contribution < -0.4 is 15.4 Å². The second-order valence-electron chi connectivity index (χ2n) is 11.4. The molecule has 0 radical (unpaired) electrons. The zero-order valence-corrected chi connectivity index (χ0v) is 26.5. The number of halogens is 2. The summed E-state index contributed by atoms with van der Waals surface area (Å²) in [5.74, 6) is -2.47. The number of ether oxygens (including phenoxy) is 2. The minimum atomic E-state index is -1.32. The Bertz CT molecular complexity index is 1550. The highest BCUT2D eigenvalue weighted by Crippen LogP contribution is 2.61. The highest BCUT2D eigenvalue weighted by molar-refractivity contribution is 9.09. The van der Waals surface area contributed by atoms with Crippen LogP contribution in [0.25, 0.3) is 0 Å². The zero-order valence-electron chi connectivity index (χ0n) is 24.2. The maximum absolute atomic E-state index is 14.6. The lowest BCUT2D eigenvalue weighted by atomic mass is 9.70. The number of hydrogen-bond acceptors (Lipinski definition) is 6. The number of likely N-dealkylation sites (tertiary alicyclic amines) is 1. The van der Waals surface area contributed by atoms with Crippen LogP contribution in [0.2, 0.25) is 5.02 Å². The fourth-order valence-corrected chi connectivity index (χ4v) is 8.25. The van der Waals surface area contributed by atoms with Crippen LogP contribution in [0.4, 0.5) is 11.4 Å². The van der Waals surface area contributed by atoms with Crippen molar-refractivity contribution in [3.05, 3.63) is 88.9 Å². The molecule has 3 N–H and O–H groups in total. The molecule has 6 rings (SSSR count). The quantitative estimate of drug-likeness (QED) is 0.271. The van der Waals surface area contributed by atoms with Gasteiger partial charge in [0.25, 0.3) is 0 Å². The van der Waals surface area contributed by atoms with Gasteiger partial charge in [0.2, 0.25) is 17.7 Å². The van der Waals surface area contributed by atoms with Crippen LogP contribution in [0, 0.1) is 18.8 Å². The number of carbonyl (C=O) groups is 3. The Hall–Kier alpha value is -3.44. The number of fused-ring (bicyclic) bond motifs is 1. The molecule has 9 nitrogen and oxygen atoms in total. The Morgan fingerprint density at radius 2 is 1.82 bits per heavy atom. The molecule has 3 aromatic carbocycles. The molecule has 11 heteroatoms. The summed E-state index contributed by atoms with van der Waals surface area (Å²) in [6.45, 7) is 3.80. The monoisotopic (exact) mass is 681 g/mol. The van der Waals surface area contributed by atoms with Crippen LogP contribution in [-0.2, 0) is 19.1 Å². The van der Waals surface area contributed by atoms with Crippen LogP contribution in [0.3, 0.4) is 0 Å². The molecule has 3 saturated heterocycles. The molecule has 1 spiro atoms. The number of aryl methyl sites for hydroxylation is 1. The number of hydrogen-bond donors (Lipinski definition) is 3. The predicted octanol–water partition coefficient (Wildman–Crippen LogP) is 5.11. The summed E-state index contributed by atoms with van der Waals surface area (Å²) in [5.41, 5.74) is 1.06. The summed E-state index contributed by atoms with van der Waals surface area (Å²) in [7, 11) is 0. The van der Waals surface area contributed by atoms with Crippen LogP contribution in [0.15, 0.2) is 72.8 Å². The van der Waals surface area contributed by atoms with E-state index in [1.54, 1.807) is 48.5 Å². The van der Waals surface area contributed by atoms with E-state index in [-0.39, 0.29) is 10.7 Å². The minimum absolute atomic E-state index is 0.288. The first-order chi connectivity index (χ1) is 21.2. The number of rotatable bonds is 9. The average Bonchev–Trinajstić information content (AvgIpc) is 3.61. The number of amides is 3. The topological polar surface area (TPSA) is 117 Å². The molecule has 3 amide bonds. The van der Waals surface area contributed by atoms with Gasteiger partial charge in [-0.1, -0.05) is 70.0 Å². The smallest absolute Gasteiger partial charge is 0.250 e. The lowest BCUT2D eigenvalue weighted by molar-refractivity contribution is -0.143. The first-order valence-electron chi connectivity index (χ1n) is 14.6. The summed E-state index contributed by atoms with van der Waals surface area (Å²) in [6.07, 6.45) is -0.320. The molecule has 3 fully saturated rings. The van der Waals surface area contributed by atoms with Gasteiger partial charge in [0.05, 0.1) is 47.9 Å². The molecule has 7 atom stereocenters. The van der Waals surface area contributed by atoms with Crippen molar-refractivity contribution in [2.24, 2.45) is 11.8 Å². The molecule has 0 aliphatic carbocycles. The number of aliphatic hydroxyl groups excluding tert-OH is 1. The Labute approximate surface area is 269 Å². The van der Waals surface area contributed by atoms with E-state index in [9.17, 15) is 19.5 Å². The fourth-order valence-electron chi connectivity index (χ4n) is 7.04. The normalized spacial score (nSPS) is 27.6. The minimum Gasteiger partial charge on any atom is -0.494 e. The molecule has 0 saturated carbocycles. The number of para-hydroxylation sites is 1. The van der Waals surface area contributed by atoms with Crippen molar-refractivity contribution in [3.63, 3.8) is 0 Å². The van der Waals surface area contributed by atoms with Gasteiger partial charge in [-0.2, -0.15) is 0 Å². The van der Waals surface area contributed by atoms with E-state index in [2.05, 4.69) is 26.6 Å². The van der Waals surface area contributed by atoms with Gasteiger partial charge in [0, 0.05) is 10.5 Å². The first-order valence-corrected chi connectivity index (χ1v) is 15.9. The number of benzene rings is 3. The number of aliphatic hydroxyl groups is 1.